The minimum atomic E-state index is -4.09. The second-order valence-electron chi connectivity index (χ2n) is 0.596. The molecular formula is H4O4PSb. The first-order valence-electron chi connectivity index (χ1n) is 1.00. The predicted molar refractivity (Wildman–Crippen MR) is 21.7 cm³/mol. The fourth-order valence-corrected chi connectivity index (χ4v) is 0. The molecule has 0 unspecified atom stereocenters. The normalized spacial score (nSPS) is 11.8. The summed E-state index contributed by atoms with van der Waals surface area (Å²) in [6, 6.07) is 0. The van der Waals surface area contributed by atoms with Crippen molar-refractivity contribution in [3.63, 3.8) is 0 Å². The van der Waals surface area contributed by atoms with Crippen LogP contribution in [0.5, 0.6) is 0 Å². The van der Waals surface area contributed by atoms with Gasteiger partial charge in [-0.1, -0.05) is 0 Å². The van der Waals surface area contributed by atoms with Gasteiger partial charge in [0, 0.05) is 0 Å². The van der Waals surface area contributed by atoms with Gasteiger partial charge >= 0.3 is 48.4 Å². The third kappa shape index (κ3) is 4.93. The van der Waals surface area contributed by atoms with E-state index in [-0.39, 0.29) is 23.4 Å². The second kappa shape index (κ2) is 2.29. The number of hydrogen-bond acceptors (Lipinski definition) is 2. The van der Waals surface area contributed by atoms with Gasteiger partial charge in [0.15, 0.2) is 0 Å². The zero-order chi connectivity index (χ0) is 5.21. The maximum absolute atomic E-state index is 9.50. The summed E-state index contributed by atoms with van der Waals surface area (Å²) in [7, 11) is -4.09. The number of phosphoric acid groups is 1. The van der Waals surface area contributed by atoms with Crippen LogP contribution in [0.25, 0.3) is 0 Å². The van der Waals surface area contributed by atoms with Crippen molar-refractivity contribution < 1.29 is 17.2 Å². The van der Waals surface area contributed by atoms with Crippen molar-refractivity contribution in [2.45, 2.75) is 0 Å². The van der Waals surface area contributed by atoms with Crippen LogP contribution < -0.4 is 0 Å². The molecular weight excluding hydrogens is 217 g/mol. The van der Waals surface area contributed by atoms with Crippen LogP contribution in [-0.2, 0) is 7.37 Å². The van der Waals surface area contributed by atoms with Crippen molar-refractivity contribution in [2.24, 2.45) is 0 Å². The Bertz CT molecular complexity index is 71.6. The van der Waals surface area contributed by atoms with Gasteiger partial charge in [0.1, 0.15) is 0 Å². The van der Waals surface area contributed by atoms with E-state index in [4.69, 9.17) is 9.79 Å². The van der Waals surface area contributed by atoms with Crippen molar-refractivity contribution in [1.29, 1.82) is 0 Å². The Labute approximate surface area is 48.8 Å². The third-order valence-electron chi connectivity index (χ3n) is 0.137. The summed E-state index contributed by atoms with van der Waals surface area (Å²) < 4.78 is 13.2. The zero-order valence-electron chi connectivity index (χ0n) is 2.74. The average molecular weight is 221 g/mol. The summed E-state index contributed by atoms with van der Waals surface area (Å²) in [5.74, 6) is 0. The first-order valence-corrected chi connectivity index (χ1v) is 3.88. The van der Waals surface area contributed by atoms with E-state index in [2.05, 4.69) is 2.80 Å². The van der Waals surface area contributed by atoms with Gasteiger partial charge < -0.3 is 0 Å². The Balaban J connectivity index is 3.48. The Hall–Kier alpha value is 0.928. The molecule has 0 aliphatic rings. The molecule has 0 rings (SSSR count). The van der Waals surface area contributed by atoms with Crippen molar-refractivity contribution in [3.8, 4) is 0 Å². The molecule has 0 heterocycles. The first-order chi connectivity index (χ1) is 2.56. The van der Waals surface area contributed by atoms with E-state index < -0.39 is 7.82 Å². The van der Waals surface area contributed by atoms with Crippen LogP contribution in [0.4, 0.5) is 0 Å². The summed E-state index contributed by atoms with van der Waals surface area (Å²) in [5.41, 5.74) is 0. The maximum atomic E-state index is 9.50. The van der Waals surface area contributed by atoms with Crippen molar-refractivity contribution >= 4 is 31.3 Å². The van der Waals surface area contributed by atoms with E-state index in [9.17, 15) is 4.57 Å². The van der Waals surface area contributed by atoms with E-state index in [0.29, 0.717) is 0 Å². The van der Waals surface area contributed by atoms with Gasteiger partial charge in [-0.25, -0.2) is 0 Å². The molecule has 0 aliphatic heterocycles. The van der Waals surface area contributed by atoms with Gasteiger partial charge in [-0.05, 0) is 0 Å². The summed E-state index contributed by atoms with van der Waals surface area (Å²) in [5, 5.41) is 0. The number of hydrogen-bond donors (Lipinski definition) is 2. The molecule has 0 saturated carbocycles. The summed E-state index contributed by atoms with van der Waals surface area (Å²) in [4.78, 5) is 15.5. The average Bonchev–Trinajstić information content (AvgIpc) is 1.35. The molecule has 0 amide bonds. The summed E-state index contributed by atoms with van der Waals surface area (Å²) in [6.07, 6.45) is 0. The Morgan fingerprint density at radius 1 is 1.67 bits per heavy atom. The molecule has 6 heavy (non-hydrogen) atoms. The van der Waals surface area contributed by atoms with Crippen LogP contribution in [0.15, 0.2) is 0 Å². The van der Waals surface area contributed by atoms with Crippen LogP contribution >= 0.6 is 7.82 Å². The molecule has 0 saturated heterocycles. The molecule has 0 aromatic rings. The molecule has 0 spiro atoms. The van der Waals surface area contributed by atoms with Gasteiger partial charge in [0.05, 0.1) is 0 Å². The monoisotopic (exact) mass is 220 g/mol. The van der Waals surface area contributed by atoms with Crippen molar-refractivity contribution in [3.05, 3.63) is 0 Å². The second-order valence-corrected chi connectivity index (χ2v) is 3.59. The Morgan fingerprint density at radius 2 is 1.83 bits per heavy atom. The summed E-state index contributed by atoms with van der Waals surface area (Å²) in [6.45, 7) is 0. The van der Waals surface area contributed by atoms with Gasteiger partial charge in [-0.15, -0.1) is 0 Å². The molecule has 0 aliphatic carbocycles. The molecule has 0 fully saturated rings. The quantitative estimate of drug-likeness (QED) is 0.424. The molecule has 4 nitrogen and oxygen atoms in total. The molecule has 0 atom stereocenters. The van der Waals surface area contributed by atoms with Gasteiger partial charge in [-0.3, -0.25) is 0 Å². The van der Waals surface area contributed by atoms with Crippen molar-refractivity contribution in [1.82, 2.24) is 0 Å². The summed E-state index contributed by atoms with van der Waals surface area (Å²) >= 11 is 0.140. The van der Waals surface area contributed by atoms with Crippen LogP contribution in [-0.4, -0.2) is 33.2 Å². The Morgan fingerprint density at radius 3 is 1.83 bits per heavy atom. The van der Waals surface area contributed by atoms with Crippen LogP contribution in [0.1, 0.15) is 0 Å². The molecule has 0 bridgehead atoms. The van der Waals surface area contributed by atoms with Crippen LogP contribution in [0.2, 0.25) is 0 Å². The standard InChI is InChI=1S/H3O4P.Sb.2H/c1-5(2,3)4;;;/h(H3,1,2,3,4);;;/q;+1;;/p-1. The van der Waals surface area contributed by atoms with Gasteiger partial charge in [-0.2, -0.15) is 0 Å². The van der Waals surface area contributed by atoms with Crippen LogP contribution in [0.3, 0.4) is 0 Å². The topological polar surface area (TPSA) is 66.8 Å². The van der Waals surface area contributed by atoms with E-state index in [1.54, 1.807) is 0 Å². The molecule has 0 aromatic heterocycles. The third-order valence-corrected chi connectivity index (χ3v) is 2.76. The van der Waals surface area contributed by atoms with Crippen LogP contribution in [0, 0.1) is 0 Å². The molecule has 0 aromatic carbocycles. The van der Waals surface area contributed by atoms with E-state index in [0.717, 1.165) is 0 Å². The Kier molecular flexibility index (Phi) is 2.64. The molecule has 0 radical (unpaired) electrons. The molecule has 6 heteroatoms. The first kappa shape index (κ1) is 6.93. The van der Waals surface area contributed by atoms with E-state index in [1.807, 2.05) is 0 Å². The zero-order valence-corrected chi connectivity index (χ0v) is 6.93. The van der Waals surface area contributed by atoms with E-state index in [1.165, 1.54) is 0 Å². The van der Waals surface area contributed by atoms with Gasteiger partial charge in [0.25, 0.3) is 0 Å². The predicted octanol–water partition coefficient (Wildman–Crippen LogP) is -1.36. The van der Waals surface area contributed by atoms with Gasteiger partial charge in [0.2, 0.25) is 0 Å². The molecule has 2 N–H and O–H groups in total. The van der Waals surface area contributed by atoms with Crippen molar-refractivity contribution in [2.75, 3.05) is 0 Å². The fraction of sp³-hybridized carbons (Fsp3) is 0. The SMILES string of the molecule is O=P(O)(O)[O][SbH2]. The fourth-order valence-electron chi connectivity index (χ4n) is 0. The molecule has 38 valence electrons. The van der Waals surface area contributed by atoms with E-state index >= 15 is 0 Å². The number of rotatable bonds is 1. The minimum absolute atomic E-state index is 0.140.